The van der Waals surface area contributed by atoms with Crippen LogP contribution >= 0.6 is 34.5 Å². The van der Waals surface area contributed by atoms with E-state index in [2.05, 4.69) is 15.1 Å². The first-order valence-electron chi connectivity index (χ1n) is 9.68. The minimum absolute atomic E-state index is 0.203. The largest absolute Gasteiger partial charge is 0.497 e. The number of anilines is 1. The van der Waals surface area contributed by atoms with Crippen molar-refractivity contribution in [1.29, 1.82) is 0 Å². The molecule has 0 aliphatic carbocycles. The van der Waals surface area contributed by atoms with Crippen molar-refractivity contribution in [3.8, 4) is 5.75 Å². The quantitative estimate of drug-likeness (QED) is 0.593. The molecule has 0 bridgehead atoms. The van der Waals surface area contributed by atoms with Gasteiger partial charge in [0.05, 0.1) is 27.9 Å². The molecule has 1 amide bonds. The lowest BCUT2D eigenvalue weighted by atomic mass is 10.2. The molecule has 1 aliphatic heterocycles. The summed E-state index contributed by atoms with van der Waals surface area (Å²) in [4.78, 5) is 21.7. The number of hydrogen-bond donors (Lipinski definition) is 1. The summed E-state index contributed by atoms with van der Waals surface area (Å²) in [5, 5.41) is 4.87. The number of aromatic nitrogens is 1. The predicted octanol–water partition coefficient (Wildman–Crippen LogP) is 4.16. The molecular formula is C21H22Cl2N4O2S. The normalized spacial score (nSPS) is 14.8. The van der Waals surface area contributed by atoms with E-state index >= 15 is 0 Å². The maximum atomic E-state index is 12.3. The van der Waals surface area contributed by atoms with Gasteiger partial charge in [0.25, 0.3) is 5.91 Å². The van der Waals surface area contributed by atoms with Crippen LogP contribution in [-0.2, 0) is 0 Å². The van der Waals surface area contributed by atoms with Gasteiger partial charge in [0.2, 0.25) is 0 Å². The molecule has 9 heteroatoms. The molecule has 0 atom stereocenters. The fraction of sp³-hybridized carbons (Fsp3) is 0.333. The molecule has 30 heavy (non-hydrogen) atoms. The minimum atomic E-state index is -0.203. The van der Waals surface area contributed by atoms with Gasteiger partial charge in [-0.25, -0.2) is 4.98 Å². The number of carbonyl (C=O) groups is 1. The number of amides is 1. The number of carbonyl (C=O) groups excluding carboxylic acids is 1. The van der Waals surface area contributed by atoms with E-state index in [1.165, 1.54) is 0 Å². The Morgan fingerprint density at radius 1 is 1.17 bits per heavy atom. The van der Waals surface area contributed by atoms with Crippen LogP contribution in [0.5, 0.6) is 5.75 Å². The van der Waals surface area contributed by atoms with E-state index in [0.29, 0.717) is 22.2 Å². The highest BCUT2D eigenvalue weighted by atomic mass is 35.5. The minimum Gasteiger partial charge on any atom is -0.497 e. The highest BCUT2D eigenvalue weighted by Crippen LogP contribution is 2.31. The molecule has 158 valence electrons. The van der Waals surface area contributed by atoms with Crippen molar-refractivity contribution < 1.29 is 9.53 Å². The summed E-state index contributed by atoms with van der Waals surface area (Å²) in [6.07, 6.45) is 0. The molecular weight excluding hydrogens is 443 g/mol. The van der Waals surface area contributed by atoms with Crippen LogP contribution < -0.4 is 15.0 Å². The molecule has 0 unspecified atom stereocenters. The molecule has 2 heterocycles. The third-order valence-corrected chi connectivity index (χ3v) is 6.76. The number of nitrogens with one attached hydrogen (secondary N) is 1. The zero-order chi connectivity index (χ0) is 21.1. The highest BCUT2D eigenvalue weighted by molar-refractivity contribution is 7.22. The lowest BCUT2D eigenvalue weighted by molar-refractivity contribution is 0.0948. The summed E-state index contributed by atoms with van der Waals surface area (Å²) in [5.41, 5.74) is 1.40. The van der Waals surface area contributed by atoms with Gasteiger partial charge in [-0.3, -0.25) is 9.69 Å². The SMILES string of the molecule is COc1ccc2nc(N3CCN(CCNC(=O)c4cc(Cl)ccc4Cl)CC3)sc2c1. The maximum absolute atomic E-state index is 12.3. The second-order valence-corrected chi connectivity index (χ2v) is 8.89. The number of ether oxygens (including phenoxy) is 1. The van der Waals surface area contributed by atoms with Gasteiger partial charge < -0.3 is 15.0 Å². The first-order valence-corrected chi connectivity index (χ1v) is 11.3. The average Bonchev–Trinajstić information content (AvgIpc) is 3.19. The van der Waals surface area contributed by atoms with E-state index in [9.17, 15) is 4.79 Å². The number of hydrogen-bond acceptors (Lipinski definition) is 6. The predicted molar refractivity (Wildman–Crippen MR) is 124 cm³/mol. The molecule has 0 spiro atoms. The van der Waals surface area contributed by atoms with Crippen LogP contribution in [0.25, 0.3) is 10.2 Å². The third kappa shape index (κ3) is 4.81. The summed E-state index contributed by atoms with van der Waals surface area (Å²) in [6, 6.07) is 10.9. The molecule has 4 rings (SSSR count). The van der Waals surface area contributed by atoms with Crippen molar-refractivity contribution in [2.24, 2.45) is 0 Å². The van der Waals surface area contributed by atoms with E-state index < -0.39 is 0 Å². The van der Waals surface area contributed by atoms with Crippen molar-refractivity contribution in [1.82, 2.24) is 15.2 Å². The summed E-state index contributed by atoms with van der Waals surface area (Å²) in [6.45, 7) is 5.01. The van der Waals surface area contributed by atoms with E-state index in [4.69, 9.17) is 32.9 Å². The first kappa shape index (κ1) is 21.2. The summed E-state index contributed by atoms with van der Waals surface area (Å²) >= 11 is 13.7. The number of rotatable bonds is 6. The van der Waals surface area contributed by atoms with Gasteiger partial charge in [-0.05, 0) is 36.4 Å². The third-order valence-electron chi connectivity index (χ3n) is 5.11. The number of thiazole rings is 1. The van der Waals surface area contributed by atoms with Crippen LogP contribution in [0, 0.1) is 0 Å². The van der Waals surface area contributed by atoms with E-state index in [1.54, 1.807) is 36.6 Å². The Hall–Kier alpha value is -2.06. The molecule has 1 fully saturated rings. The second kappa shape index (κ2) is 9.39. The van der Waals surface area contributed by atoms with Crippen LogP contribution in [0.15, 0.2) is 36.4 Å². The Kier molecular flexibility index (Phi) is 6.63. The summed E-state index contributed by atoms with van der Waals surface area (Å²) < 4.78 is 6.43. The topological polar surface area (TPSA) is 57.7 Å². The fourth-order valence-electron chi connectivity index (χ4n) is 3.41. The molecule has 0 radical (unpaired) electrons. The lowest BCUT2D eigenvalue weighted by Crippen LogP contribution is -2.48. The van der Waals surface area contributed by atoms with Gasteiger partial charge in [0, 0.05) is 44.3 Å². The van der Waals surface area contributed by atoms with Crippen molar-refractivity contribution in [3.63, 3.8) is 0 Å². The molecule has 0 saturated carbocycles. The van der Waals surface area contributed by atoms with Crippen LogP contribution in [0.4, 0.5) is 5.13 Å². The van der Waals surface area contributed by atoms with Gasteiger partial charge in [-0.2, -0.15) is 0 Å². The highest BCUT2D eigenvalue weighted by Gasteiger charge is 2.20. The van der Waals surface area contributed by atoms with E-state index in [1.807, 2.05) is 18.2 Å². The molecule has 1 aliphatic rings. The van der Waals surface area contributed by atoms with Crippen LogP contribution in [0.1, 0.15) is 10.4 Å². The fourth-order valence-corrected chi connectivity index (χ4v) is 4.83. The van der Waals surface area contributed by atoms with Gasteiger partial charge in [0.1, 0.15) is 5.75 Å². The summed E-state index contributed by atoms with van der Waals surface area (Å²) in [7, 11) is 1.67. The molecule has 1 aromatic heterocycles. The Balaban J connectivity index is 1.27. The van der Waals surface area contributed by atoms with E-state index in [0.717, 1.165) is 53.8 Å². The Morgan fingerprint density at radius 2 is 1.97 bits per heavy atom. The standard InChI is InChI=1S/C21H22Cl2N4O2S/c1-29-15-3-5-18-19(13-15)30-21(25-18)27-10-8-26(9-11-27)7-6-24-20(28)16-12-14(22)2-4-17(16)23/h2-5,12-13H,6-11H2,1H3,(H,24,28). The molecule has 6 nitrogen and oxygen atoms in total. The number of methoxy groups -OCH3 is 1. The number of halogens is 2. The number of benzene rings is 2. The Bertz CT molecular complexity index is 1050. The van der Waals surface area contributed by atoms with Crippen LogP contribution in [0.3, 0.4) is 0 Å². The molecule has 2 aromatic carbocycles. The average molecular weight is 465 g/mol. The zero-order valence-corrected chi connectivity index (χ0v) is 18.9. The van der Waals surface area contributed by atoms with Crippen molar-refractivity contribution in [2.45, 2.75) is 0 Å². The van der Waals surface area contributed by atoms with Crippen LogP contribution in [-0.4, -0.2) is 62.2 Å². The van der Waals surface area contributed by atoms with Crippen molar-refractivity contribution in [3.05, 3.63) is 52.0 Å². The van der Waals surface area contributed by atoms with Gasteiger partial charge in [-0.1, -0.05) is 34.5 Å². The maximum Gasteiger partial charge on any atom is 0.252 e. The first-order chi connectivity index (χ1) is 14.5. The van der Waals surface area contributed by atoms with Crippen molar-refractivity contribution in [2.75, 3.05) is 51.3 Å². The smallest absolute Gasteiger partial charge is 0.252 e. The van der Waals surface area contributed by atoms with E-state index in [-0.39, 0.29) is 5.91 Å². The zero-order valence-electron chi connectivity index (χ0n) is 16.5. The molecule has 3 aromatic rings. The monoisotopic (exact) mass is 464 g/mol. The Labute approximate surface area is 189 Å². The number of piperazine rings is 1. The van der Waals surface area contributed by atoms with Crippen molar-refractivity contribution >= 4 is 55.8 Å². The second-order valence-electron chi connectivity index (χ2n) is 7.04. The summed E-state index contributed by atoms with van der Waals surface area (Å²) in [5.74, 6) is 0.648. The van der Waals surface area contributed by atoms with Gasteiger partial charge >= 0.3 is 0 Å². The van der Waals surface area contributed by atoms with Crippen LogP contribution in [0.2, 0.25) is 10.0 Å². The van der Waals surface area contributed by atoms with Gasteiger partial charge in [-0.15, -0.1) is 0 Å². The Morgan fingerprint density at radius 3 is 2.73 bits per heavy atom. The molecule has 1 N–H and O–H groups in total. The number of fused-ring (bicyclic) bond motifs is 1. The molecule has 1 saturated heterocycles. The number of nitrogens with zero attached hydrogens (tertiary/aromatic N) is 3. The van der Waals surface area contributed by atoms with Gasteiger partial charge in [0.15, 0.2) is 5.13 Å². The lowest BCUT2D eigenvalue weighted by Gasteiger charge is -2.34.